The average molecular weight is 390 g/mol. The fraction of sp³-hybridized carbons (Fsp3) is 0.316. The van der Waals surface area contributed by atoms with Crippen LogP contribution in [0.5, 0.6) is 5.88 Å². The molecule has 0 radical (unpaired) electrons. The van der Waals surface area contributed by atoms with Gasteiger partial charge < -0.3 is 9.64 Å². The maximum absolute atomic E-state index is 13.5. The van der Waals surface area contributed by atoms with Crippen molar-refractivity contribution in [2.45, 2.75) is 32.0 Å². The van der Waals surface area contributed by atoms with E-state index in [4.69, 9.17) is 4.74 Å². The number of amides is 1. The van der Waals surface area contributed by atoms with Crippen molar-refractivity contribution in [2.24, 2.45) is 0 Å². The van der Waals surface area contributed by atoms with Gasteiger partial charge in [-0.2, -0.15) is 13.2 Å². The van der Waals surface area contributed by atoms with E-state index in [0.29, 0.717) is 48.6 Å². The molecule has 0 bridgehead atoms. The Morgan fingerprint density at radius 2 is 2.07 bits per heavy atom. The van der Waals surface area contributed by atoms with Gasteiger partial charge in [0.2, 0.25) is 12.3 Å². The van der Waals surface area contributed by atoms with Crippen LogP contribution in [0.4, 0.5) is 18.9 Å². The number of anilines is 1. The third-order valence-corrected chi connectivity index (χ3v) is 4.52. The largest absolute Gasteiger partial charge is 0.477 e. The smallest absolute Gasteiger partial charge is 0.418 e. The van der Waals surface area contributed by atoms with Crippen molar-refractivity contribution >= 4 is 17.7 Å². The van der Waals surface area contributed by atoms with Gasteiger partial charge in [0.05, 0.1) is 29.7 Å². The summed E-state index contributed by atoms with van der Waals surface area (Å²) in [5, 5.41) is 4.27. The van der Waals surface area contributed by atoms with E-state index in [1.54, 1.807) is 18.3 Å². The lowest BCUT2D eigenvalue weighted by Crippen LogP contribution is -2.26. The number of imidazole rings is 1. The van der Waals surface area contributed by atoms with Crippen molar-refractivity contribution in [3.05, 3.63) is 42.1 Å². The molecule has 28 heavy (non-hydrogen) atoms. The standard InChI is InChI=1S/C19H17F3N4O2/c1-2-28-18-8-7-17-23-15(10-26(17)24-18)12-3-6-14(19(20,21)22)16(9-12)25(11-27)13-4-5-13/h3,6-11,13H,2,4-5H2,1H3. The molecule has 1 aromatic carbocycles. The molecule has 146 valence electrons. The highest BCUT2D eigenvalue weighted by molar-refractivity contribution is 5.82. The Morgan fingerprint density at radius 3 is 2.71 bits per heavy atom. The molecule has 0 saturated heterocycles. The zero-order chi connectivity index (χ0) is 19.9. The number of fused-ring (bicyclic) bond motifs is 1. The summed E-state index contributed by atoms with van der Waals surface area (Å²) in [4.78, 5) is 17.0. The van der Waals surface area contributed by atoms with Gasteiger partial charge in [-0.1, -0.05) is 6.07 Å². The van der Waals surface area contributed by atoms with Gasteiger partial charge in [-0.15, -0.1) is 5.10 Å². The molecule has 1 saturated carbocycles. The van der Waals surface area contributed by atoms with Gasteiger partial charge in [-0.05, 0) is 38.0 Å². The van der Waals surface area contributed by atoms with Crippen LogP contribution in [-0.2, 0) is 11.0 Å². The SMILES string of the molecule is CCOc1ccc2nc(-c3ccc(C(F)(F)F)c(N(C=O)C4CC4)c3)cn2n1. The summed E-state index contributed by atoms with van der Waals surface area (Å²) in [5.74, 6) is 0.424. The molecule has 1 aliphatic carbocycles. The van der Waals surface area contributed by atoms with Gasteiger partial charge in [0, 0.05) is 17.7 Å². The first-order valence-corrected chi connectivity index (χ1v) is 8.85. The Morgan fingerprint density at radius 1 is 1.29 bits per heavy atom. The molecule has 4 rings (SSSR count). The number of benzene rings is 1. The van der Waals surface area contributed by atoms with E-state index in [-0.39, 0.29) is 11.7 Å². The molecule has 2 heterocycles. The number of halogens is 3. The molecular weight excluding hydrogens is 373 g/mol. The van der Waals surface area contributed by atoms with Gasteiger partial charge in [0.15, 0.2) is 5.65 Å². The number of carbonyl (C=O) groups excluding carboxylic acids is 1. The van der Waals surface area contributed by atoms with E-state index in [0.717, 1.165) is 11.0 Å². The van der Waals surface area contributed by atoms with E-state index in [2.05, 4.69) is 10.1 Å². The van der Waals surface area contributed by atoms with Crippen LogP contribution in [0.1, 0.15) is 25.3 Å². The van der Waals surface area contributed by atoms with E-state index in [1.807, 2.05) is 6.92 Å². The number of aromatic nitrogens is 3. The fourth-order valence-corrected chi connectivity index (χ4v) is 3.07. The van der Waals surface area contributed by atoms with Crippen molar-refractivity contribution in [2.75, 3.05) is 11.5 Å². The molecule has 0 N–H and O–H groups in total. The lowest BCUT2D eigenvalue weighted by molar-refractivity contribution is -0.137. The molecular formula is C19H17F3N4O2. The number of nitrogens with zero attached hydrogens (tertiary/aromatic N) is 4. The highest BCUT2D eigenvalue weighted by Crippen LogP contribution is 2.41. The maximum atomic E-state index is 13.5. The molecule has 0 atom stereocenters. The monoisotopic (exact) mass is 390 g/mol. The van der Waals surface area contributed by atoms with Crippen molar-refractivity contribution in [1.82, 2.24) is 14.6 Å². The first-order valence-electron chi connectivity index (χ1n) is 8.85. The highest BCUT2D eigenvalue weighted by atomic mass is 19.4. The molecule has 2 aromatic heterocycles. The van der Waals surface area contributed by atoms with Crippen molar-refractivity contribution in [1.29, 1.82) is 0 Å². The van der Waals surface area contributed by atoms with Crippen LogP contribution in [-0.4, -0.2) is 33.7 Å². The highest BCUT2D eigenvalue weighted by Gasteiger charge is 2.38. The lowest BCUT2D eigenvalue weighted by atomic mass is 10.1. The Bertz CT molecular complexity index is 1030. The van der Waals surface area contributed by atoms with Gasteiger partial charge in [-0.3, -0.25) is 4.79 Å². The second-order valence-corrected chi connectivity index (χ2v) is 6.51. The van der Waals surface area contributed by atoms with Gasteiger partial charge in [-0.25, -0.2) is 9.50 Å². The number of ether oxygens (including phenoxy) is 1. The molecule has 1 fully saturated rings. The summed E-state index contributed by atoms with van der Waals surface area (Å²) < 4.78 is 47.2. The first-order chi connectivity index (χ1) is 13.4. The molecule has 9 heteroatoms. The van der Waals surface area contributed by atoms with Gasteiger partial charge >= 0.3 is 6.18 Å². The van der Waals surface area contributed by atoms with E-state index in [1.165, 1.54) is 16.6 Å². The van der Waals surface area contributed by atoms with Crippen LogP contribution in [0.3, 0.4) is 0 Å². The van der Waals surface area contributed by atoms with Crippen LogP contribution in [0.15, 0.2) is 36.5 Å². The normalized spacial score (nSPS) is 14.3. The minimum atomic E-state index is -4.56. The van der Waals surface area contributed by atoms with Crippen molar-refractivity contribution in [3.8, 4) is 17.1 Å². The van der Waals surface area contributed by atoms with Crippen LogP contribution in [0.2, 0.25) is 0 Å². The number of alkyl halides is 3. The number of carbonyl (C=O) groups is 1. The second kappa shape index (κ2) is 6.81. The first kappa shape index (κ1) is 18.3. The summed E-state index contributed by atoms with van der Waals surface area (Å²) in [5.41, 5.74) is 0.476. The zero-order valence-electron chi connectivity index (χ0n) is 15.0. The summed E-state index contributed by atoms with van der Waals surface area (Å²) >= 11 is 0. The Labute approximate surface area is 158 Å². The molecule has 1 amide bonds. The minimum absolute atomic E-state index is 0.150. The third-order valence-electron chi connectivity index (χ3n) is 4.52. The third kappa shape index (κ3) is 3.39. The molecule has 0 unspecified atom stereocenters. The van der Waals surface area contributed by atoms with Crippen molar-refractivity contribution < 1.29 is 22.7 Å². The lowest BCUT2D eigenvalue weighted by Gasteiger charge is -2.22. The Kier molecular flexibility index (Phi) is 4.44. The maximum Gasteiger partial charge on any atom is 0.418 e. The van der Waals surface area contributed by atoms with Crippen molar-refractivity contribution in [3.63, 3.8) is 0 Å². The number of rotatable bonds is 6. The van der Waals surface area contributed by atoms with Gasteiger partial charge in [0.1, 0.15) is 0 Å². The topological polar surface area (TPSA) is 59.7 Å². The van der Waals surface area contributed by atoms with E-state index >= 15 is 0 Å². The second-order valence-electron chi connectivity index (χ2n) is 6.51. The molecule has 1 aliphatic rings. The van der Waals surface area contributed by atoms with Crippen LogP contribution < -0.4 is 9.64 Å². The van der Waals surface area contributed by atoms with Crippen LogP contribution in [0, 0.1) is 0 Å². The quantitative estimate of drug-likeness (QED) is 0.598. The number of hydrogen-bond donors (Lipinski definition) is 0. The summed E-state index contributed by atoms with van der Waals surface area (Å²) in [7, 11) is 0. The van der Waals surface area contributed by atoms with Gasteiger partial charge in [0.25, 0.3) is 0 Å². The summed E-state index contributed by atoms with van der Waals surface area (Å²) in [6.07, 6.45) is -1.09. The van der Waals surface area contributed by atoms with Crippen LogP contribution >= 0.6 is 0 Å². The molecule has 6 nitrogen and oxygen atoms in total. The van der Waals surface area contributed by atoms with E-state index < -0.39 is 11.7 Å². The summed E-state index contributed by atoms with van der Waals surface area (Å²) in [6.45, 7) is 2.30. The summed E-state index contributed by atoms with van der Waals surface area (Å²) in [6, 6.07) is 6.91. The molecule has 3 aromatic rings. The molecule has 0 aliphatic heterocycles. The molecule has 0 spiro atoms. The predicted octanol–water partition coefficient (Wildman–Crippen LogP) is 3.94. The zero-order valence-corrected chi connectivity index (χ0v) is 15.0. The number of hydrogen-bond acceptors (Lipinski definition) is 4. The predicted molar refractivity (Wildman–Crippen MR) is 96.2 cm³/mol. The Balaban J connectivity index is 1.79. The fourth-order valence-electron chi connectivity index (χ4n) is 3.07. The minimum Gasteiger partial charge on any atom is -0.477 e. The van der Waals surface area contributed by atoms with E-state index in [9.17, 15) is 18.0 Å². The average Bonchev–Trinajstić information content (AvgIpc) is 3.39. The van der Waals surface area contributed by atoms with Crippen LogP contribution in [0.25, 0.3) is 16.9 Å². The Hall–Kier alpha value is -3.10.